The van der Waals surface area contributed by atoms with Crippen LogP contribution in [0.4, 0.5) is 5.69 Å². The molecule has 6 nitrogen and oxygen atoms in total. The lowest BCUT2D eigenvalue weighted by Gasteiger charge is -2.24. The number of hydrogen-bond donors (Lipinski definition) is 1. The van der Waals surface area contributed by atoms with Crippen LogP contribution in [-0.2, 0) is 20.8 Å². The quantitative estimate of drug-likeness (QED) is 0.314. The number of fused-ring (bicyclic) bond motifs is 1. The van der Waals surface area contributed by atoms with Crippen molar-refractivity contribution in [3.8, 4) is 11.3 Å². The van der Waals surface area contributed by atoms with Crippen molar-refractivity contribution in [1.29, 1.82) is 0 Å². The van der Waals surface area contributed by atoms with Gasteiger partial charge in [-0.2, -0.15) is 0 Å². The van der Waals surface area contributed by atoms with E-state index in [1.807, 2.05) is 30.3 Å². The Labute approximate surface area is 205 Å². The Balaban J connectivity index is 1.99. The highest BCUT2D eigenvalue weighted by atomic mass is 35.5. The summed E-state index contributed by atoms with van der Waals surface area (Å²) >= 11 is 6.22. The highest BCUT2D eigenvalue weighted by Gasteiger charge is 2.28. The average molecular weight is 483 g/mol. The Bertz CT molecular complexity index is 1210. The minimum Gasteiger partial charge on any atom is -0.466 e. The molecule has 0 amide bonds. The first kappa shape index (κ1) is 24.1. The zero-order valence-corrected chi connectivity index (χ0v) is 20.5. The summed E-state index contributed by atoms with van der Waals surface area (Å²) < 4.78 is 12.3. The number of nitrogen functional groups attached to an aromatic ring is 1. The first-order chi connectivity index (χ1) is 16.4. The van der Waals surface area contributed by atoms with Gasteiger partial charge in [0.2, 0.25) is 0 Å². The number of anilines is 1. The fourth-order valence-electron chi connectivity index (χ4n) is 5.13. The molecule has 1 heterocycles. The van der Waals surface area contributed by atoms with E-state index >= 15 is 0 Å². The van der Waals surface area contributed by atoms with E-state index in [1.165, 1.54) is 31.9 Å². The van der Waals surface area contributed by atoms with Crippen molar-refractivity contribution in [3.63, 3.8) is 0 Å². The van der Waals surface area contributed by atoms with Crippen LogP contribution in [0.1, 0.15) is 67.3 Å². The molecule has 0 atom stereocenters. The second kappa shape index (κ2) is 10.5. The summed E-state index contributed by atoms with van der Waals surface area (Å²) in [5.74, 6) is -0.288. The summed E-state index contributed by atoms with van der Waals surface area (Å²) in [7, 11) is 1.37. The van der Waals surface area contributed by atoms with Gasteiger partial charge < -0.3 is 19.8 Å². The van der Waals surface area contributed by atoms with Crippen molar-refractivity contribution < 1.29 is 19.1 Å². The third kappa shape index (κ3) is 4.78. The zero-order chi connectivity index (χ0) is 24.2. The molecule has 1 aliphatic carbocycles. The topological polar surface area (TPSA) is 83.5 Å². The third-order valence-electron chi connectivity index (χ3n) is 6.65. The normalized spacial score (nSPS) is 14.3. The molecule has 0 aliphatic heterocycles. The van der Waals surface area contributed by atoms with Crippen LogP contribution in [-0.4, -0.2) is 30.2 Å². The first-order valence-corrected chi connectivity index (χ1v) is 12.3. The van der Waals surface area contributed by atoms with Crippen LogP contribution in [0.3, 0.4) is 0 Å². The molecule has 180 valence electrons. The summed E-state index contributed by atoms with van der Waals surface area (Å²) in [6, 6.07) is 11.2. The molecule has 34 heavy (non-hydrogen) atoms. The van der Waals surface area contributed by atoms with E-state index in [0.29, 0.717) is 35.3 Å². The number of carbonyl (C=O) groups is 2. The Kier molecular flexibility index (Phi) is 7.47. The molecule has 2 N–H and O–H groups in total. The van der Waals surface area contributed by atoms with Gasteiger partial charge in [-0.1, -0.05) is 36.9 Å². The smallest absolute Gasteiger partial charge is 0.337 e. The van der Waals surface area contributed by atoms with Crippen LogP contribution in [0.5, 0.6) is 0 Å². The molecule has 0 radical (unpaired) electrons. The van der Waals surface area contributed by atoms with E-state index in [0.717, 1.165) is 35.0 Å². The van der Waals surface area contributed by atoms with Gasteiger partial charge in [0.1, 0.15) is 0 Å². The predicted octanol–water partition coefficient (Wildman–Crippen LogP) is 6.33. The first-order valence-electron chi connectivity index (χ1n) is 11.9. The number of carbonyl (C=O) groups excluding carboxylic acids is 2. The fourth-order valence-corrected chi connectivity index (χ4v) is 5.31. The van der Waals surface area contributed by atoms with E-state index in [-0.39, 0.29) is 12.4 Å². The summed E-state index contributed by atoms with van der Waals surface area (Å²) in [6.45, 7) is 2.54. The molecule has 1 saturated carbocycles. The maximum Gasteiger partial charge on any atom is 0.337 e. The zero-order valence-electron chi connectivity index (χ0n) is 19.7. The van der Waals surface area contributed by atoms with Gasteiger partial charge in [-0.15, -0.1) is 0 Å². The van der Waals surface area contributed by atoms with Crippen LogP contribution in [0.15, 0.2) is 36.4 Å². The van der Waals surface area contributed by atoms with Crippen LogP contribution >= 0.6 is 11.6 Å². The Morgan fingerprint density at radius 2 is 1.88 bits per heavy atom. The number of ether oxygens (including phenoxy) is 2. The van der Waals surface area contributed by atoms with E-state index in [9.17, 15) is 9.59 Å². The average Bonchev–Trinajstić information content (AvgIpc) is 3.16. The van der Waals surface area contributed by atoms with Crippen molar-refractivity contribution >= 4 is 40.1 Å². The SMILES string of the molecule is CCOC(=O)CCn1c(-c2ccc(Cl)cc2N)c(C2CCCCC2)c2ccc(C(=O)OC)cc21. The van der Waals surface area contributed by atoms with Crippen molar-refractivity contribution in [3.05, 3.63) is 52.5 Å². The number of rotatable bonds is 7. The standard InChI is InChI=1S/C27H31ClN2O4/c1-3-34-24(31)13-14-30-23-15-18(27(32)33-2)9-11-21(23)25(17-7-5-4-6-8-17)26(30)20-12-10-19(28)16-22(20)29/h9-12,15-17H,3-8,13-14,29H2,1-2H3. The lowest BCUT2D eigenvalue weighted by atomic mass is 9.81. The molecule has 2 aromatic carbocycles. The van der Waals surface area contributed by atoms with E-state index in [4.69, 9.17) is 26.8 Å². The summed E-state index contributed by atoms with van der Waals surface area (Å²) in [5.41, 5.74) is 11.5. The number of nitrogens with zero attached hydrogens (tertiary/aromatic N) is 1. The number of esters is 2. The van der Waals surface area contributed by atoms with Gasteiger partial charge in [-0.3, -0.25) is 4.79 Å². The second-order valence-electron chi connectivity index (χ2n) is 8.76. The Hall–Kier alpha value is -2.99. The second-order valence-corrected chi connectivity index (χ2v) is 9.20. The monoisotopic (exact) mass is 482 g/mol. The highest BCUT2D eigenvalue weighted by molar-refractivity contribution is 6.31. The summed E-state index contributed by atoms with van der Waals surface area (Å²) in [4.78, 5) is 24.6. The molecule has 3 aromatic rings. The van der Waals surface area contributed by atoms with E-state index in [1.54, 1.807) is 13.0 Å². The van der Waals surface area contributed by atoms with Gasteiger partial charge >= 0.3 is 11.9 Å². The highest BCUT2D eigenvalue weighted by Crippen LogP contribution is 2.46. The minimum atomic E-state index is -0.396. The van der Waals surface area contributed by atoms with Gasteiger partial charge in [0.05, 0.1) is 31.4 Å². The van der Waals surface area contributed by atoms with Crippen LogP contribution in [0.25, 0.3) is 22.2 Å². The molecular formula is C27H31ClN2O4. The number of nitrogens with two attached hydrogens (primary N) is 1. The lowest BCUT2D eigenvalue weighted by molar-refractivity contribution is -0.143. The maximum absolute atomic E-state index is 12.3. The van der Waals surface area contributed by atoms with E-state index in [2.05, 4.69) is 4.57 Å². The van der Waals surface area contributed by atoms with E-state index < -0.39 is 5.97 Å². The van der Waals surface area contributed by atoms with Crippen molar-refractivity contribution in [2.45, 2.75) is 57.9 Å². The number of aryl methyl sites for hydroxylation is 1. The maximum atomic E-state index is 12.3. The van der Waals surface area contributed by atoms with Gasteiger partial charge in [0.25, 0.3) is 0 Å². The molecular weight excluding hydrogens is 452 g/mol. The molecule has 0 unspecified atom stereocenters. The summed E-state index contributed by atoms with van der Waals surface area (Å²) in [5, 5.41) is 1.65. The van der Waals surface area contributed by atoms with Gasteiger partial charge in [-0.25, -0.2) is 4.79 Å². The Morgan fingerprint density at radius 3 is 2.56 bits per heavy atom. The molecule has 0 bridgehead atoms. The van der Waals surface area contributed by atoms with Gasteiger partial charge in [0, 0.05) is 33.7 Å². The lowest BCUT2D eigenvalue weighted by Crippen LogP contribution is -2.11. The van der Waals surface area contributed by atoms with Gasteiger partial charge in [0.15, 0.2) is 0 Å². The number of benzene rings is 2. The Morgan fingerprint density at radius 1 is 1.12 bits per heavy atom. The van der Waals surface area contributed by atoms with Crippen LogP contribution < -0.4 is 5.73 Å². The molecule has 4 rings (SSSR count). The molecule has 7 heteroatoms. The molecule has 0 spiro atoms. The predicted molar refractivity (Wildman–Crippen MR) is 135 cm³/mol. The molecule has 1 fully saturated rings. The molecule has 1 aliphatic rings. The van der Waals surface area contributed by atoms with Crippen molar-refractivity contribution in [2.75, 3.05) is 19.5 Å². The molecule has 1 aromatic heterocycles. The van der Waals surface area contributed by atoms with Crippen LogP contribution in [0.2, 0.25) is 5.02 Å². The van der Waals surface area contributed by atoms with Crippen LogP contribution in [0, 0.1) is 0 Å². The number of aromatic nitrogens is 1. The third-order valence-corrected chi connectivity index (χ3v) is 6.89. The number of methoxy groups -OCH3 is 1. The van der Waals surface area contributed by atoms with Crippen molar-refractivity contribution in [1.82, 2.24) is 4.57 Å². The number of halogens is 1. The largest absolute Gasteiger partial charge is 0.466 e. The molecule has 0 saturated heterocycles. The fraction of sp³-hybridized carbons (Fsp3) is 0.407. The van der Waals surface area contributed by atoms with Crippen molar-refractivity contribution in [2.24, 2.45) is 0 Å². The summed E-state index contributed by atoms with van der Waals surface area (Å²) in [6.07, 6.45) is 5.99. The minimum absolute atomic E-state index is 0.213. The van der Waals surface area contributed by atoms with Gasteiger partial charge in [-0.05, 0) is 61.6 Å². The number of hydrogen-bond acceptors (Lipinski definition) is 5.